The third-order valence-corrected chi connectivity index (χ3v) is 5.36. The number of hydrogen-bond donors (Lipinski definition) is 1. The van der Waals surface area contributed by atoms with Gasteiger partial charge < -0.3 is 5.32 Å². The van der Waals surface area contributed by atoms with Crippen LogP contribution in [0, 0.1) is 0 Å². The molecule has 2 saturated heterocycles. The van der Waals surface area contributed by atoms with E-state index in [1.54, 1.807) is 6.20 Å². The number of nitrogens with zero attached hydrogens (tertiary/aromatic N) is 3. The highest BCUT2D eigenvalue weighted by atomic mass is 16.2. The normalized spacial score (nSPS) is 23.3. The van der Waals surface area contributed by atoms with Crippen LogP contribution in [-0.4, -0.2) is 39.4 Å². The summed E-state index contributed by atoms with van der Waals surface area (Å²) in [7, 11) is 0. The van der Waals surface area contributed by atoms with Gasteiger partial charge in [-0.25, -0.2) is 0 Å². The van der Waals surface area contributed by atoms with Gasteiger partial charge in [-0.1, -0.05) is 6.07 Å². The van der Waals surface area contributed by atoms with Gasteiger partial charge >= 0.3 is 0 Å². The van der Waals surface area contributed by atoms with Crippen molar-refractivity contribution in [2.75, 3.05) is 13.1 Å². The molecular formula is C19H22N4O. The maximum absolute atomic E-state index is 12.5. The fourth-order valence-corrected chi connectivity index (χ4v) is 3.95. The third-order valence-electron chi connectivity index (χ3n) is 5.36. The van der Waals surface area contributed by atoms with Crippen molar-refractivity contribution >= 4 is 5.91 Å². The molecule has 2 aromatic heterocycles. The summed E-state index contributed by atoms with van der Waals surface area (Å²) in [6, 6.07) is 8.06. The molecule has 0 saturated carbocycles. The van der Waals surface area contributed by atoms with E-state index in [9.17, 15) is 4.79 Å². The minimum absolute atomic E-state index is 0.0354. The minimum atomic E-state index is -0.0505. The summed E-state index contributed by atoms with van der Waals surface area (Å²) >= 11 is 0. The second kappa shape index (κ2) is 6.32. The molecule has 2 aromatic rings. The van der Waals surface area contributed by atoms with Crippen LogP contribution in [0.3, 0.4) is 0 Å². The average Bonchev–Trinajstić information content (AvgIpc) is 2.95. The van der Waals surface area contributed by atoms with Gasteiger partial charge in [-0.2, -0.15) is 0 Å². The molecule has 0 radical (unpaired) electrons. The van der Waals surface area contributed by atoms with Crippen LogP contribution in [0.4, 0.5) is 0 Å². The number of aromatic nitrogens is 2. The number of piperidine rings is 1. The number of pyridine rings is 2. The molecule has 2 aliphatic rings. The molecule has 1 N–H and O–H groups in total. The first-order valence-electron chi connectivity index (χ1n) is 8.57. The summed E-state index contributed by atoms with van der Waals surface area (Å²) in [4.78, 5) is 23.2. The molecule has 1 unspecified atom stereocenters. The van der Waals surface area contributed by atoms with Gasteiger partial charge in [0.15, 0.2) is 0 Å². The van der Waals surface area contributed by atoms with E-state index in [2.05, 4.69) is 32.3 Å². The van der Waals surface area contributed by atoms with Crippen LogP contribution in [0.1, 0.15) is 36.3 Å². The molecule has 0 aromatic carbocycles. The predicted octanol–water partition coefficient (Wildman–Crippen LogP) is 2.11. The highest BCUT2D eigenvalue weighted by molar-refractivity contribution is 5.87. The standard InChI is InChI=1S/C19H22N4O/c24-18-17(16-2-1-7-21-13-16)12-19(22-18)5-10-23(11-6-19)14-15-3-8-20-9-4-15/h1-4,7-9,13,17H,5-6,10-12,14H2,(H,22,24). The Morgan fingerprint density at radius 1 is 1.12 bits per heavy atom. The summed E-state index contributed by atoms with van der Waals surface area (Å²) in [6.45, 7) is 2.99. The number of carbonyl (C=O) groups excluding carboxylic acids is 1. The summed E-state index contributed by atoms with van der Waals surface area (Å²) in [5.41, 5.74) is 2.29. The number of nitrogens with one attached hydrogen (secondary N) is 1. The summed E-state index contributed by atoms with van der Waals surface area (Å²) in [5, 5.41) is 3.30. The van der Waals surface area contributed by atoms with Crippen LogP contribution in [0.25, 0.3) is 0 Å². The fourth-order valence-electron chi connectivity index (χ4n) is 3.95. The molecule has 1 atom stereocenters. The van der Waals surface area contributed by atoms with E-state index in [0.29, 0.717) is 0 Å². The highest BCUT2D eigenvalue weighted by Gasteiger charge is 2.46. The molecule has 2 aliphatic heterocycles. The number of hydrogen-bond acceptors (Lipinski definition) is 4. The number of carbonyl (C=O) groups is 1. The van der Waals surface area contributed by atoms with Gasteiger partial charge in [-0.05, 0) is 48.6 Å². The van der Waals surface area contributed by atoms with Crippen LogP contribution >= 0.6 is 0 Å². The van der Waals surface area contributed by atoms with Gasteiger partial charge in [0, 0.05) is 50.0 Å². The molecule has 5 nitrogen and oxygen atoms in total. The van der Waals surface area contributed by atoms with Crippen molar-refractivity contribution in [3.05, 3.63) is 60.2 Å². The molecule has 4 rings (SSSR count). The lowest BCUT2D eigenvalue weighted by molar-refractivity contribution is -0.121. The first-order chi connectivity index (χ1) is 11.7. The van der Waals surface area contributed by atoms with Crippen LogP contribution in [-0.2, 0) is 11.3 Å². The molecule has 2 fully saturated rings. The molecule has 0 aliphatic carbocycles. The van der Waals surface area contributed by atoms with Crippen molar-refractivity contribution in [1.82, 2.24) is 20.2 Å². The van der Waals surface area contributed by atoms with E-state index < -0.39 is 0 Å². The lowest BCUT2D eigenvalue weighted by Gasteiger charge is -2.39. The van der Waals surface area contributed by atoms with Crippen LogP contribution < -0.4 is 5.32 Å². The lowest BCUT2D eigenvalue weighted by atomic mass is 9.82. The van der Waals surface area contributed by atoms with Gasteiger partial charge in [0.2, 0.25) is 5.91 Å². The van der Waals surface area contributed by atoms with Gasteiger partial charge in [0.1, 0.15) is 0 Å². The summed E-state index contributed by atoms with van der Waals surface area (Å²) in [5.74, 6) is 0.107. The minimum Gasteiger partial charge on any atom is -0.350 e. The Bertz CT molecular complexity index is 696. The molecule has 4 heterocycles. The maximum atomic E-state index is 12.5. The van der Waals surface area contributed by atoms with E-state index in [1.807, 2.05) is 30.7 Å². The zero-order valence-corrected chi connectivity index (χ0v) is 13.7. The predicted molar refractivity (Wildman–Crippen MR) is 91.2 cm³/mol. The topological polar surface area (TPSA) is 58.1 Å². The van der Waals surface area contributed by atoms with Gasteiger partial charge in [0.05, 0.1) is 5.92 Å². The first kappa shape index (κ1) is 15.3. The lowest BCUT2D eigenvalue weighted by Crippen LogP contribution is -2.50. The largest absolute Gasteiger partial charge is 0.350 e. The van der Waals surface area contributed by atoms with Crippen LogP contribution in [0.2, 0.25) is 0 Å². The van der Waals surface area contributed by atoms with Gasteiger partial charge in [-0.15, -0.1) is 0 Å². The van der Waals surface area contributed by atoms with Crippen molar-refractivity contribution < 1.29 is 4.79 Å². The van der Waals surface area contributed by atoms with Crippen LogP contribution in [0.5, 0.6) is 0 Å². The Hall–Kier alpha value is -2.27. The third kappa shape index (κ3) is 3.04. The Balaban J connectivity index is 1.39. The molecule has 24 heavy (non-hydrogen) atoms. The van der Waals surface area contributed by atoms with E-state index in [0.717, 1.165) is 44.5 Å². The van der Waals surface area contributed by atoms with Crippen molar-refractivity contribution in [3.8, 4) is 0 Å². The van der Waals surface area contributed by atoms with Crippen molar-refractivity contribution in [3.63, 3.8) is 0 Å². The number of likely N-dealkylation sites (tertiary alicyclic amines) is 1. The quantitative estimate of drug-likeness (QED) is 0.940. The molecule has 1 spiro atoms. The van der Waals surface area contributed by atoms with E-state index >= 15 is 0 Å². The molecule has 1 amide bonds. The maximum Gasteiger partial charge on any atom is 0.228 e. The van der Waals surface area contributed by atoms with Crippen molar-refractivity contribution in [2.45, 2.75) is 37.3 Å². The molecular weight excluding hydrogens is 300 g/mol. The molecule has 5 heteroatoms. The number of amides is 1. The molecule has 124 valence electrons. The monoisotopic (exact) mass is 322 g/mol. The van der Waals surface area contributed by atoms with Crippen LogP contribution in [0.15, 0.2) is 49.1 Å². The second-order valence-electron chi connectivity index (χ2n) is 6.94. The first-order valence-corrected chi connectivity index (χ1v) is 8.57. The highest BCUT2D eigenvalue weighted by Crippen LogP contribution is 2.39. The zero-order chi connectivity index (χ0) is 16.4. The van der Waals surface area contributed by atoms with E-state index in [-0.39, 0.29) is 17.4 Å². The summed E-state index contributed by atoms with van der Waals surface area (Å²) in [6.07, 6.45) is 10.2. The number of rotatable bonds is 3. The van der Waals surface area contributed by atoms with Crippen molar-refractivity contribution in [2.24, 2.45) is 0 Å². The smallest absolute Gasteiger partial charge is 0.228 e. The Morgan fingerprint density at radius 2 is 1.92 bits per heavy atom. The van der Waals surface area contributed by atoms with Crippen molar-refractivity contribution in [1.29, 1.82) is 0 Å². The zero-order valence-electron chi connectivity index (χ0n) is 13.7. The van der Waals surface area contributed by atoms with Gasteiger partial charge in [-0.3, -0.25) is 19.7 Å². The van der Waals surface area contributed by atoms with E-state index in [4.69, 9.17) is 0 Å². The second-order valence-corrected chi connectivity index (χ2v) is 6.94. The van der Waals surface area contributed by atoms with Gasteiger partial charge in [0.25, 0.3) is 0 Å². The fraction of sp³-hybridized carbons (Fsp3) is 0.421. The SMILES string of the molecule is O=C1NC2(CCN(Cc3ccncc3)CC2)CC1c1cccnc1. The Labute approximate surface area is 142 Å². The average molecular weight is 322 g/mol. The Kier molecular flexibility index (Phi) is 4.02. The van der Waals surface area contributed by atoms with E-state index in [1.165, 1.54) is 5.56 Å². The molecule has 0 bridgehead atoms. The Morgan fingerprint density at radius 3 is 2.62 bits per heavy atom. The summed E-state index contributed by atoms with van der Waals surface area (Å²) < 4.78 is 0.